The number of primary amides is 1. The molecule has 1 aromatic rings. The minimum absolute atomic E-state index is 0.317. The molecule has 0 aliphatic carbocycles. The Bertz CT molecular complexity index is 367. The smallest absolute Gasteiger partial charge is 0.316 e. The molecule has 0 fully saturated rings. The number of carbonyl (C=O) groups excluding carboxylic acids is 1. The van der Waals surface area contributed by atoms with Crippen LogP contribution in [0.4, 0.5) is 16.2 Å². The molecule has 4 N–H and O–H groups in total. The number of carbonyl (C=O) groups is 1. The monoisotopic (exact) mass is 239 g/mol. The van der Waals surface area contributed by atoms with Crippen molar-refractivity contribution in [3.8, 4) is 0 Å². The summed E-state index contributed by atoms with van der Waals surface area (Å²) in [5.74, 6) is 0. The van der Waals surface area contributed by atoms with E-state index in [1.165, 1.54) is 0 Å². The van der Waals surface area contributed by atoms with Crippen molar-refractivity contribution in [2.24, 2.45) is 5.73 Å². The van der Waals surface area contributed by atoms with Gasteiger partial charge in [-0.15, -0.1) is 0 Å². The number of amides is 2. The van der Waals surface area contributed by atoms with E-state index in [-0.39, 0.29) is 6.29 Å². The molecule has 0 atom stereocenters. The Hall–Kier alpha value is -1.79. The van der Waals surface area contributed by atoms with Crippen LogP contribution in [0, 0.1) is 0 Å². The summed E-state index contributed by atoms with van der Waals surface area (Å²) in [5, 5.41) is 5.62. The second kappa shape index (κ2) is 6.72. The van der Waals surface area contributed by atoms with Crippen LogP contribution >= 0.6 is 0 Å². The minimum atomic E-state index is -0.589. The lowest BCUT2D eigenvalue weighted by molar-refractivity contribution is -0.0914. The highest BCUT2D eigenvalue weighted by molar-refractivity contribution is 5.88. The van der Waals surface area contributed by atoms with Crippen molar-refractivity contribution in [2.45, 2.75) is 6.29 Å². The Balaban J connectivity index is 2.56. The molecule has 1 aromatic carbocycles. The second-order valence-corrected chi connectivity index (χ2v) is 3.35. The molecule has 94 valence electrons. The van der Waals surface area contributed by atoms with Crippen LogP contribution in [0.25, 0.3) is 0 Å². The summed E-state index contributed by atoms with van der Waals surface area (Å²) in [6.45, 7) is 0.507. The number of ether oxygens (including phenoxy) is 2. The highest BCUT2D eigenvalue weighted by Gasteiger charge is 2.04. The fourth-order valence-electron chi connectivity index (χ4n) is 1.31. The number of nitrogens with one attached hydrogen (secondary N) is 2. The predicted octanol–water partition coefficient (Wildman–Crippen LogP) is 1.21. The largest absolute Gasteiger partial charge is 0.380 e. The van der Waals surface area contributed by atoms with Crippen LogP contribution in [0.2, 0.25) is 0 Å². The van der Waals surface area contributed by atoms with Crippen molar-refractivity contribution in [1.82, 2.24) is 0 Å². The summed E-state index contributed by atoms with van der Waals surface area (Å²) in [7, 11) is 3.14. The van der Waals surface area contributed by atoms with Gasteiger partial charge in [0, 0.05) is 25.6 Å². The SMILES string of the molecule is COC(CNc1cccc(NC(N)=O)c1)OC. The Labute approximate surface area is 100 Å². The average molecular weight is 239 g/mol. The lowest BCUT2D eigenvalue weighted by atomic mass is 10.2. The molecule has 0 bridgehead atoms. The standard InChI is InChI=1S/C11H17N3O3/c1-16-10(17-2)7-13-8-4-3-5-9(6-8)14-11(12)15/h3-6,10,13H,7H2,1-2H3,(H3,12,14,15). The third-order valence-electron chi connectivity index (χ3n) is 2.13. The number of methoxy groups -OCH3 is 2. The summed E-state index contributed by atoms with van der Waals surface area (Å²) < 4.78 is 10.1. The summed E-state index contributed by atoms with van der Waals surface area (Å²) in [4.78, 5) is 10.7. The fourth-order valence-corrected chi connectivity index (χ4v) is 1.31. The molecule has 2 amide bonds. The van der Waals surface area contributed by atoms with Gasteiger partial charge in [0.25, 0.3) is 0 Å². The molecule has 0 saturated carbocycles. The van der Waals surface area contributed by atoms with Gasteiger partial charge >= 0.3 is 6.03 Å². The van der Waals surface area contributed by atoms with E-state index in [4.69, 9.17) is 15.2 Å². The number of rotatable bonds is 6. The number of hydrogen-bond donors (Lipinski definition) is 3. The number of anilines is 2. The molecule has 0 heterocycles. The van der Waals surface area contributed by atoms with E-state index in [2.05, 4.69) is 10.6 Å². The maximum absolute atomic E-state index is 10.7. The second-order valence-electron chi connectivity index (χ2n) is 3.35. The van der Waals surface area contributed by atoms with Gasteiger partial charge in [0.2, 0.25) is 0 Å². The third kappa shape index (κ3) is 4.71. The lowest BCUT2D eigenvalue weighted by Gasteiger charge is -2.15. The van der Waals surface area contributed by atoms with E-state index in [0.29, 0.717) is 12.2 Å². The molecule has 0 aliphatic heterocycles. The van der Waals surface area contributed by atoms with Gasteiger partial charge in [-0.1, -0.05) is 6.07 Å². The van der Waals surface area contributed by atoms with Crippen molar-refractivity contribution in [3.63, 3.8) is 0 Å². The first-order chi connectivity index (χ1) is 8.15. The molecule has 0 spiro atoms. The van der Waals surface area contributed by atoms with E-state index in [1.807, 2.05) is 12.1 Å². The molecule has 0 aromatic heterocycles. The van der Waals surface area contributed by atoms with E-state index in [1.54, 1.807) is 26.4 Å². The van der Waals surface area contributed by atoms with Gasteiger partial charge in [-0.2, -0.15) is 0 Å². The zero-order valence-corrected chi connectivity index (χ0v) is 9.90. The first-order valence-corrected chi connectivity index (χ1v) is 5.11. The highest BCUT2D eigenvalue weighted by atomic mass is 16.7. The van der Waals surface area contributed by atoms with E-state index < -0.39 is 6.03 Å². The van der Waals surface area contributed by atoms with Gasteiger partial charge in [0.05, 0.1) is 6.54 Å². The van der Waals surface area contributed by atoms with E-state index >= 15 is 0 Å². The van der Waals surface area contributed by atoms with Crippen LogP contribution in [0.1, 0.15) is 0 Å². The van der Waals surface area contributed by atoms with Crippen LogP contribution < -0.4 is 16.4 Å². The summed E-state index contributed by atoms with van der Waals surface area (Å²) >= 11 is 0. The van der Waals surface area contributed by atoms with Gasteiger partial charge in [-0.25, -0.2) is 4.79 Å². The van der Waals surface area contributed by atoms with Gasteiger partial charge in [0.15, 0.2) is 6.29 Å². The molecular weight excluding hydrogens is 222 g/mol. The predicted molar refractivity (Wildman–Crippen MR) is 65.9 cm³/mol. The molecular formula is C11H17N3O3. The molecule has 17 heavy (non-hydrogen) atoms. The highest BCUT2D eigenvalue weighted by Crippen LogP contribution is 2.14. The minimum Gasteiger partial charge on any atom is -0.380 e. The van der Waals surface area contributed by atoms with Crippen molar-refractivity contribution >= 4 is 17.4 Å². The Morgan fingerprint density at radius 2 is 2.00 bits per heavy atom. The first-order valence-electron chi connectivity index (χ1n) is 5.11. The van der Waals surface area contributed by atoms with Gasteiger partial charge in [0.1, 0.15) is 0 Å². The van der Waals surface area contributed by atoms with Gasteiger partial charge in [-0.05, 0) is 18.2 Å². The number of benzene rings is 1. The normalized spacial score (nSPS) is 10.3. The Morgan fingerprint density at radius 1 is 1.35 bits per heavy atom. The molecule has 1 rings (SSSR count). The van der Waals surface area contributed by atoms with Crippen LogP contribution in [0.5, 0.6) is 0 Å². The Morgan fingerprint density at radius 3 is 2.59 bits per heavy atom. The van der Waals surface area contributed by atoms with E-state index in [9.17, 15) is 4.79 Å². The zero-order valence-electron chi connectivity index (χ0n) is 9.90. The molecule has 0 radical (unpaired) electrons. The zero-order chi connectivity index (χ0) is 12.7. The van der Waals surface area contributed by atoms with Crippen molar-refractivity contribution < 1.29 is 14.3 Å². The van der Waals surface area contributed by atoms with Crippen molar-refractivity contribution in [1.29, 1.82) is 0 Å². The van der Waals surface area contributed by atoms with Crippen molar-refractivity contribution in [3.05, 3.63) is 24.3 Å². The van der Waals surface area contributed by atoms with E-state index in [0.717, 1.165) is 5.69 Å². The molecule has 6 heteroatoms. The topological polar surface area (TPSA) is 85.6 Å². The maximum Gasteiger partial charge on any atom is 0.316 e. The van der Waals surface area contributed by atoms with Gasteiger partial charge in [-0.3, -0.25) is 0 Å². The molecule has 6 nitrogen and oxygen atoms in total. The van der Waals surface area contributed by atoms with Crippen molar-refractivity contribution in [2.75, 3.05) is 31.4 Å². The first kappa shape index (κ1) is 13.3. The molecule has 0 saturated heterocycles. The van der Waals surface area contributed by atoms with Crippen LogP contribution in [0.15, 0.2) is 24.3 Å². The lowest BCUT2D eigenvalue weighted by Crippen LogP contribution is -2.23. The Kier molecular flexibility index (Phi) is 5.25. The third-order valence-corrected chi connectivity index (χ3v) is 2.13. The van der Waals surface area contributed by atoms with Gasteiger partial charge < -0.3 is 25.8 Å². The maximum atomic E-state index is 10.7. The van der Waals surface area contributed by atoms with Crippen LogP contribution in [-0.2, 0) is 9.47 Å². The van der Waals surface area contributed by atoms with Crippen LogP contribution in [0.3, 0.4) is 0 Å². The molecule has 0 unspecified atom stereocenters. The summed E-state index contributed by atoms with van der Waals surface area (Å²) in [5.41, 5.74) is 6.51. The number of urea groups is 1. The summed E-state index contributed by atoms with van der Waals surface area (Å²) in [6.07, 6.45) is -0.317. The quantitative estimate of drug-likeness (QED) is 0.651. The fraction of sp³-hybridized carbons (Fsp3) is 0.364. The molecule has 0 aliphatic rings. The average Bonchev–Trinajstić information content (AvgIpc) is 2.30. The van der Waals surface area contributed by atoms with Crippen LogP contribution in [-0.4, -0.2) is 33.1 Å². The summed E-state index contributed by atoms with van der Waals surface area (Å²) in [6, 6.07) is 6.61. The number of nitrogens with two attached hydrogens (primary N) is 1. The number of hydrogen-bond acceptors (Lipinski definition) is 4.